The first kappa shape index (κ1) is 25.1. The highest BCUT2D eigenvalue weighted by atomic mass is 16.5. The van der Waals surface area contributed by atoms with Crippen molar-refractivity contribution in [2.24, 2.45) is 11.8 Å². The van der Waals surface area contributed by atoms with Gasteiger partial charge in [-0.1, -0.05) is 96.3 Å². The zero-order valence-corrected chi connectivity index (χ0v) is 21.2. The Balaban J connectivity index is 1.04. The largest absolute Gasteiger partial charge is 0.478 e. The lowest BCUT2D eigenvalue weighted by Gasteiger charge is -2.07. The van der Waals surface area contributed by atoms with Gasteiger partial charge in [-0.05, 0) is 37.2 Å². The summed E-state index contributed by atoms with van der Waals surface area (Å²) < 4.78 is 5.81. The number of hydrogen-bond acceptors (Lipinski definition) is 4. The van der Waals surface area contributed by atoms with E-state index in [1.807, 2.05) is 30.7 Å². The third-order valence-corrected chi connectivity index (χ3v) is 7.43. The summed E-state index contributed by atoms with van der Waals surface area (Å²) in [6.07, 6.45) is 30.2. The predicted octanol–water partition coefficient (Wildman–Crippen LogP) is 8.35. The fraction of sp³-hybridized carbons (Fsp3) is 0.700. The van der Waals surface area contributed by atoms with Crippen molar-refractivity contribution in [3.05, 3.63) is 36.4 Å². The average Bonchev–Trinajstić information content (AvgIpc) is 3.79. The normalized spacial score (nSPS) is 15.5. The van der Waals surface area contributed by atoms with E-state index in [0.717, 1.165) is 48.2 Å². The van der Waals surface area contributed by atoms with Crippen molar-refractivity contribution in [1.82, 2.24) is 15.0 Å². The molecular weight excluding hydrogens is 418 g/mol. The van der Waals surface area contributed by atoms with Gasteiger partial charge in [-0.15, -0.1) is 0 Å². The van der Waals surface area contributed by atoms with Crippen molar-refractivity contribution in [2.45, 2.75) is 116 Å². The summed E-state index contributed by atoms with van der Waals surface area (Å²) in [5.41, 5.74) is 2.97. The Hall–Kier alpha value is -1.97. The summed E-state index contributed by atoms with van der Waals surface area (Å²) in [4.78, 5) is 13.7. The Labute approximate surface area is 207 Å². The van der Waals surface area contributed by atoms with E-state index in [-0.39, 0.29) is 0 Å². The number of pyridine rings is 1. The van der Waals surface area contributed by atoms with Crippen molar-refractivity contribution in [3.8, 4) is 17.1 Å². The molecule has 2 saturated carbocycles. The highest BCUT2D eigenvalue weighted by molar-refractivity contribution is 5.56. The summed E-state index contributed by atoms with van der Waals surface area (Å²) >= 11 is 0. The molecule has 4 nitrogen and oxygen atoms in total. The minimum atomic E-state index is 0.703. The van der Waals surface area contributed by atoms with Crippen LogP contribution in [0.15, 0.2) is 30.7 Å². The van der Waals surface area contributed by atoms with Gasteiger partial charge in [-0.25, -0.2) is 4.98 Å². The number of ether oxygens (including phenoxy) is 1. The molecule has 2 fully saturated rings. The molecule has 0 aromatic carbocycles. The lowest BCUT2D eigenvalue weighted by atomic mass is 10.1. The van der Waals surface area contributed by atoms with Gasteiger partial charge in [0.05, 0.1) is 24.2 Å². The Morgan fingerprint density at radius 1 is 0.618 bits per heavy atom. The molecule has 0 saturated heterocycles. The van der Waals surface area contributed by atoms with E-state index in [0.29, 0.717) is 5.88 Å². The van der Waals surface area contributed by atoms with Crippen molar-refractivity contribution in [3.63, 3.8) is 0 Å². The zero-order valence-electron chi connectivity index (χ0n) is 21.2. The molecule has 0 spiro atoms. The van der Waals surface area contributed by atoms with Gasteiger partial charge in [0.25, 0.3) is 0 Å². The van der Waals surface area contributed by atoms with Crippen molar-refractivity contribution in [2.75, 3.05) is 6.61 Å². The Kier molecular flexibility index (Phi) is 10.7. The maximum Gasteiger partial charge on any atom is 0.213 e. The van der Waals surface area contributed by atoms with E-state index >= 15 is 0 Å². The van der Waals surface area contributed by atoms with Crippen LogP contribution in [0, 0.1) is 11.8 Å². The minimum absolute atomic E-state index is 0.703. The van der Waals surface area contributed by atoms with Crippen LogP contribution in [0.3, 0.4) is 0 Å². The number of unbranched alkanes of at least 4 members (excludes halogenated alkanes) is 9. The molecule has 0 radical (unpaired) electrons. The lowest BCUT2D eigenvalue weighted by molar-refractivity contribution is 0.293. The van der Waals surface area contributed by atoms with Gasteiger partial charge in [0.15, 0.2) is 0 Å². The number of aryl methyl sites for hydroxylation is 1. The Morgan fingerprint density at radius 2 is 1.26 bits per heavy atom. The van der Waals surface area contributed by atoms with Crippen LogP contribution in [-0.2, 0) is 6.42 Å². The van der Waals surface area contributed by atoms with E-state index in [1.54, 1.807) is 0 Å². The second-order valence-electron chi connectivity index (χ2n) is 10.7. The molecule has 2 heterocycles. The van der Waals surface area contributed by atoms with Gasteiger partial charge in [0.1, 0.15) is 0 Å². The number of rotatable bonds is 19. The molecule has 0 N–H and O–H groups in total. The molecule has 0 aliphatic heterocycles. The van der Waals surface area contributed by atoms with Gasteiger partial charge >= 0.3 is 0 Å². The molecule has 0 atom stereocenters. The number of nitrogens with zero attached hydrogens (tertiary/aromatic N) is 3. The first-order valence-corrected chi connectivity index (χ1v) is 14.3. The molecule has 34 heavy (non-hydrogen) atoms. The second-order valence-corrected chi connectivity index (χ2v) is 10.7. The number of aromatic nitrogens is 3. The average molecular weight is 464 g/mol. The molecule has 2 aliphatic carbocycles. The molecule has 0 unspecified atom stereocenters. The monoisotopic (exact) mass is 463 g/mol. The molecule has 186 valence electrons. The van der Waals surface area contributed by atoms with Crippen LogP contribution in [0.4, 0.5) is 0 Å². The van der Waals surface area contributed by atoms with Crippen LogP contribution in [0.2, 0.25) is 0 Å². The third kappa shape index (κ3) is 10.1. The van der Waals surface area contributed by atoms with E-state index in [9.17, 15) is 0 Å². The van der Waals surface area contributed by atoms with Crippen LogP contribution < -0.4 is 4.74 Å². The zero-order chi connectivity index (χ0) is 23.3. The molecule has 0 bridgehead atoms. The minimum Gasteiger partial charge on any atom is -0.478 e. The highest BCUT2D eigenvalue weighted by Gasteiger charge is 2.20. The number of hydrogen-bond donors (Lipinski definition) is 0. The summed E-state index contributed by atoms with van der Waals surface area (Å²) in [6.45, 7) is 0.755. The maximum atomic E-state index is 5.81. The molecule has 2 aromatic rings. The van der Waals surface area contributed by atoms with Gasteiger partial charge in [-0.2, -0.15) is 0 Å². The SMILES string of the molecule is c1cc(OCCCCCCC2CC2)ncc1-c1cnc(CCCCCCCCCC2CC2)cn1. The Bertz CT molecular complexity index is 797. The molecule has 4 heteroatoms. The first-order valence-electron chi connectivity index (χ1n) is 14.3. The smallest absolute Gasteiger partial charge is 0.213 e. The fourth-order valence-electron chi connectivity index (χ4n) is 4.75. The van der Waals surface area contributed by atoms with Crippen LogP contribution in [0.1, 0.15) is 115 Å². The van der Waals surface area contributed by atoms with Gasteiger partial charge in [0.2, 0.25) is 5.88 Å². The molecule has 4 rings (SSSR count). The summed E-state index contributed by atoms with van der Waals surface area (Å²) in [6, 6.07) is 3.98. The van der Waals surface area contributed by atoms with E-state index in [4.69, 9.17) is 4.74 Å². The van der Waals surface area contributed by atoms with E-state index in [1.165, 1.54) is 103 Å². The van der Waals surface area contributed by atoms with Crippen molar-refractivity contribution in [1.29, 1.82) is 0 Å². The van der Waals surface area contributed by atoms with Crippen LogP contribution >= 0.6 is 0 Å². The molecule has 2 aromatic heterocycles. The van der Waals surface area contributed by atoms with E-state index < -0.39 is 0 Å². The van der Waals surface area contributed by atoms with Gasteiger partial charge < -0.3 is 4.74 Å². The van der Waals surface area contributed by atoms with Gasteiger partial charge in [-0.3, -0.25) is 9.97 Å². The third-order valence-electron chi connectivity index (χ3n) is 7.43. The van der Waals surface area contributed by atoms with Crippen LogP contribution in [-0.4, -0.2) is 21.6 Å². The molecular formula is C30H45N3O. The van der Waals surface area contributed by atoms with Crippen molar-refractivity contribution >= 4 is 0 Å². The fourth-order valence-corrected chi connectivity index (χ4v) is 4.75. The topological polar surface area (TPSA) is 47.9 Å². The summed E-state index contributed by atoms with van der Waals surface area (Å²) in [7, 11) is 0. The second kappa shape index (κ2) is 14.4. The Morgan fingerprint density at radius 3 is 1.85 bits per heavy atom. The van der Waals surface area contributed by atoms with Crippen molar-refractivity contribution < 1.29 is 4.74 Å². The molecule has 0 amide bonds. The molecule has 2 aliphatic rings. The quantitative estimate of drug-likeness (QED) is 0.196. The summed E-state index contributed by atoms with van der Waals surface area (Å²) in [5, 5.41) is 0. The standard InChI is InChI=1S/C30H45N3O/c1(2-4-8-12-25-15-16-25)3-5-10-14-28-23-32-29(24-31-28)27-19-20-30(33-22-27)34-21-11-7-6-9-13-26-17-18-26/h19-20,22-26H,1-18,21H2. The van der Waals surface area contributed by atoms with Crippen LogP contribution in [0.5, 0.6) is 5.88 Å². The van der Waals surface area contributed by atoms with E-state index in [2.05, 4.69) is 15.0 Å². The lowest BCUT2D eigenvalue weighted by Crippen LogP contribution is -1.99. The van der Waals surface area contributed by atoms with Gasteiger partial charge in [0, 0.05) is 24.0 Å². The predicted molar refractivity (Wildman–Crippen MR) is 140 cm³/mol. The van der Waals surface area contributed by atoms with Crippen LogP contribution in [0.25, 0.3) is 11.3 Å². The maximum absolute atomic E-state index is 5.81. The highest BCUT2D eigenvalue weighted by Crippen LogP contribution is 2.34. The summed E-state index contributed by atoms with van der Waals surface area (Å²) in [5.74, 6) is 2.86. The first-order chi connectivity index (χ1) is 16.9.